The van der Waals surface area contributed by atoms with Crippen LogP contribution in [-0.2, 0) is 16.8 Å². The number of pyridine rings is 1. The van der Waals surface area contributed by atoms with E-state index in [1.807, 2.05) is 30.2 Å². The van der Waals surface area contributed by atoms with Crippen LogP contribution in [0.5, 0.6) is 0 Å². The number of amides is 1. The maximum Gasteiger partial charge on any atom is 0.222 e. The van der Waals surface area contributed by atoms with Crippen molar-refractivity contribution in [2.45, 2.75) is 38.6 Å². The van der Waals surface area contributed by atoms with E-state index in [9.17, 15) is 4.79 Å². The minimum absolute atomic E-state index is 0.0378. The second-order valence-corrected chi connectivity index (χ2v) is 6.48. The van der Waals surface area contributed by atoms with Crippen molar-refractivity contribution >= 4 is 5.91 Å². The van der Waals surface area contributed by atoms with Crippen LogP contribution in [0.1, 0.15) is 36.5 Å². The van der Waals surface area contributed by atoms with Crippen LogP contribution in [0, 0.1) is 6.92 Å². The highest BCUT2D eigenvalue weighted by Crippen LogP contribution is 2.34. The first-order valence-electron chi connectivity index (χ1n) is 7.81. The number of hydrogen-bond donors (Lipinski definition) is 0. The summed E-state index contributed by atoms with van der Waals surface area (Å²) < 4.78 is 0. The van der Waals surface area contributed by atoms with Gasteiger partial charge in [-0.25, -0.2) is 0 Å². The van der Waals surface area contributed by atoms with Crippen molar-refractivity contribution in [3.05, 3.63) is 65.5 Å². The lowest BCUT2D eigenvalue weighted by atomic mass is 9.75. The summed E-state index contributed by atoms with van der Waals surface area (Å²) in [4.78, 5) is 18.5. The van der Waals surface area contributed by atoms with Crippen LogP contribution in [0.4, 0.5) is 0 Å². The maximum atomic E-state index is 12.3. The topological polar surface area (TPSA) is 33.2 Å². The highest BCUT2D eigenvalue weighted by Gasteiger charge is 2.36. The molecule has 1 amide bonds. The Morgan fingerprint density at radius 3 is 2.73 bits per heavy atom. The second kappa shape index (κ2) is 5.91. The monoisotopic (exact) mass is 294 g/mol. The Labute approximate surface area is 132 Å². The van der Waals surface area contributed by atoms with E-state index in [2.05, 4.69) is 36.2 Å². The molecule has 2 heterocycles. The van der Waals surface area contributed by atoms with Gasteiger partial charge in [0.25, 0.3) is 0 Å². The summed E-state index contributed by atoms with van der Waals surface area (Å²) in [5.41, 5.74) is 3.68. The van der Waals surface area contributed by atoms with Crippen molar-refractivity contribution < 1.29 is 4.79 Å². The van der Waals surface area contributed by atoms with Gasteiger partial charge in [-0.05, 0) is 36.1 Å². The summed E-state index contributed by atoms with van der Waals surface area (Å²) in [7, 11) is 0. The first-order valence-corrected chi connectivity index (χ1v) is 7.81. The number of aryl methyl sites for hydroxylation is 1. The minimum Gasteiger partial charge on any atom is -0.337 e. The quantitative estimate of drug-likeness (QED) is 0.868. The van der Waals surface area contributed by atoms with Gasteiger partial charge in [-0.1, -0.05) is 37.3 Å². The fourth-order valence-electron chi connectivity index (χ4n) is 3.23. The molecule has 1 unspecified atom stereocenters. The van der Waals surface area contributed by atoms with Gasteiger partial charge in [0.15, 0.2) is 0 Å². The zero-order valence-corrected chi connectivity index (χ0v) is 13.2. The van der Waals surface area contributed by atoms with Gasteiger partial charge < -0.3 is 4.90 Å². The molecule has 3 nitrogen and oxygen atoms in total. The normalized spacial score (nSPS) is 21.9. The van der Waals surface area contributed by atoms with Gasteiger partial charge in [0.05, 0.1) is 0 Å². The van der Waals surface area contributed by atoms with Gasteiger partial charge in [0.1, 0.15) is 0 Å². The Kier molecular flexibility index (Phi) is 3.97. The minimum atomic E-state index is 0.0378. The number of nitrogens with zero attached hydrogens (tertiary/aromatic N) is 2. The largest absolute Gasteiger partial charge is 0.337 e. The predicted octanol–water partition coefficient (Wildman–Crippen LogP) is 3.47. The van der Waals surface area contributed by atoms with E-state index >= 15 is 0 Å². The van der Waals surface area contributed by atoms with Gasteiger partial charge in [-0.3, -0.25) is 9.78 Å². The molecule has 0 bridgehead atoms. The molecule has 114 valence electrons. The van der Waals surface area contributed by atoms with Crippen molar-refractivity contribution in [3.63, 3.8) is 0 Å². The first-order chi connectivity index (χ1) is 10.6. The summed E-state index contributed by atoms with van der Waals surface area (Å²) in [5.74, 6) is 0.254. The van der Waals surface area contributed by atoms with E-state index in [0.29, 0.717) is 13.0 Å². The molecule has 0 saturated carbocycles. The molecule has 1 aromatic carbocycles. The fraction of sp³-hybridized carbons (Fsp3) is 0.368. The molecular weight excluding hydrogens is 272 g/mol. The van der Waals surface area contributed by atoms with Crippen molar-refractivity contribution in [3.8, 4) is 0 Å². The summed E-state index contributed by atoms with van der Waals surface area (Å²) in [6.07, 6.45) is 5.20. The molecular formula is C19H22N2O. The Morgan fingerprint density at radius 1 is 1.23 bits per heavy atom. The SMILES string of the molecule is Cc1cnccc1CN1CC(C)(c2ccccc2)CCC1=O. The first kappa shape index (κ1) is 14.8. The molecule has 1 saturated heterocycles. The average Bonchev–Trinajstić information content (AvgIpc) is 2.54. The van der Waals surface area contributed by atoms with Crippen molar-refractivity contribution in [2.75, 3.05) is 6.54 Å². The highest BCUT2D eigenvalue weighted by molar-refractivity contribution is 5.77. The summed E-state index contributed by atoms with van der Waals surface area (Å²) in [6.45, 7) is 5.77. The third-order valence-corrected chi connectivity index (χ3v) is 4.75. The number of benzene rings is 1. The lowest BCUT2D eigenvalue weighted by Crippen LogP contribution is -2.47. The van der Waals surface area contributed by atoms with Crippen LogP contribution in [-0.4, -0.2) is 22.3 Å². The Balaban J connectivity index is 1.83. The molecule has 0 spiro atoms. The lowest BCUT2D eigenvalue weighted by Gasteiger charge is -2.41. The zero-order valence-electron chi connectivity index (χ0n) is 13.2. The van der Waals surface area contributed by atoms with E-state index in [4.69, 9.17) is 0 Å². The number of piperidine rings is 1. The van der Waals surface area contributed by atoms with E-state index in [0.717, 1.165) is 18.5 Å². The summed E-state index contributed by atoms with van der Waals surface area (Å²) >= 11 is 0. The molecule has 1 aliphatic heterocycles. The third-order valence-electron chi connectivity index (χ3n) is 4.75. The van der Waals surface area contributed by atoms with Gasteiger partial charge in [-0.15, -0.1) is 0 Å². The van der Waals surface area contributed by atoms with Crippen molar-refractivity contribution in [1.82, 2.24) is 9.88 Å². The number of aromatic nitrogens is 1. The van der Waals surface area contributed by atoms with E-state index < -0.39 is 0 Å². The van der Waals surface area contributed by atoms with Crippen LogP contribution in [0.2, 0.25) is 0 Å². The predicted molar refractivity (Wildman–Crippen MR) is 87.4 cm³/mol. The van der Waals surface area contributed by atoms with Gasteiger partial charge in [-0.2, -0.15) is 0 Å². The van der Waals surface area contributed by atoms with E-state index in [1.54, 1.807) is 6.20 Å². The smallest absolute Gasteiger partial charge is 0.222 e. The molecule has 0 aliphatic carbocycles. The van der Waals surface area contributed by atoms with Crippen LogP contribution >= 0.6 is 0 Å². The molecule has 1 fully saturated rings. The second-order valence-electron chi connectivity index (χ2n) is 6.48. The molecule has 3 rings (SSSR count). The Morgan fingerprint density at radius 2 is 2.00 bits per heavy atom. The van der Waals surface area contributed by atoms with Crippen LogP contribution in [0.15, 0.2) is 48.8 Å². The number of likely N-dealkylation sites (tertiary alicyclic amines) is 1. The van der Waals surface area contributed by atoms with Gasteiger partial charge >= 0.3 is 0 Å². The average molecular weight is 294 g/mol. The molecule has 1 aromatic heterocycles. The summed E-state index contributed by atoms with van der Waals surface area (Å²) in [6, 6.07) is 12.6. The highest BCUT2D eigenvalue weighted by atomic mass is 16.2. The Hall–Kier alpha value is -2.16. The van der Waals surface area contributed by atoms with Crippen LogP contribution in [0.25, 0.3) is 0 Å². The molecule has 2 aromatic rings. The van der Waals surface area contributed by atoms with E-state index in [-0.39, 0.29) is 11.3 Å². The number of rotatable bonds is 3. The standard InChI is InChI=1S/C19H22N2O/c1-15-12-20-11-9-16(15)13-21-14-19(2,10-8-18(21)22)17-6-4-3-5-7-17/h3-7,9,11-12H,8,10,13-14H2,1-2H3. The van der Waals surface area contributed by atoms with Gasteiger partial charge in [0.2, 0.25) is 5.91 Å². The van der Waals surface area contributed by atoms with E-state index in [1.165, 1.54) is 11.1 Å². The molecule has 3 heteroatoms. The third kappa shape index (κ3) is 2.89. The zero-order chi connectivity index (χ0) is 15.6. The number of carbonyl (C=O) groups excluding carboxylic acids is 1. The molecule has 0 N–H and O–H groups in total. The van der Waals surface area contributed by atoms with Crippen LogP contribution in [0.3, 0.4) is 0 Å². The molecule has 1 aliphatic rings. The van der Waals surface area contributed by atoms with Crippen LogP contribution < -0.4 is 0 Å². The summed E-state index contributed by atoms with van der Waals surface area (Å²) in [5, 5.41) is 0. The van der Waals surface area contributed by atoms with Crippen molar-refractivity contribution in [1.29, 1.82) is 0 Å². The Bertz CT molecular complexity index is 668. The van der Waals surface area contributed by atoms with Crippen molar-refractivity contribution in [2.24, 2.45) is 0 Å². The molecule has 0 radical (unpaired) electrons. The van der Waals surface area contributed by atoms with Gasteiger partial charge in [0, 0.05) is 37.3 Å². The molecule has 1 atom stereocenters. The fourth-order valence-corrected chi connectivity index (χ4v) is 3.23. The number of hydrogen-bond acceptors (Lipinski definition) is 2. The molecule has 22 heavy (non-hydrogen) atoms. The number of carbonyl (C=O) groups is 1. The maximum absolute atomic E-state index is 12.3. The lowest BCUT2D eigenvalue weighted by molar-refractivity contribution is -0.136.